The van der Waals surface area contributed by atoms with Gasteiger partial charge in [-0.3, -0.25) is 0 Å². The second-order valence-electron chi connectivity index (χ2n) is 7.18. The molecule has 136 valence electrons. The molecular formula is C17H23N3O4S. The van der Waals surface area contributed by atoms with Gasteiger partial charge in [-0.2, -0.15) is 5.26 Å². The maximum Gasteiger partial charge on any atom is 0.410 e. The SMILES string of the molecule is CC(C)(C)OC(=O)N1CCC[C@H](CS(=O)(=O)c2ncccc2C#N)C1. The lowest BCUT2D eigenvalue weighted by molar-refractivity contribution is 0.0176. The van der Waals surface area contributed by atoms with Gasteiger partial charge in [0.05, 0.1) is 11.3 Å². The quantitative estimate of drug-likeness (QED) is 0.815. The maximum absolute atomic E-state index is 12.6. The van der Waals surface area contributed by atoms with Crippen molar-refractivity contribution in [3.63, 3.8) is 0 Å². The highest BCUT2D eigenvalue weighted by Crippen LogP contribution is 2.23. The Morgan fingerprint density at radius 3 is 2.84 bits per heavy atom. The molecule has 0 aromatic carbocycles. The van der Waals surface area contributed by atoms with Crippen molar-refractivity contribution >= 4 is 15.9 Å². The van der Waals surface area contributed by atoms with Gasteiger partial charge in [0.2, 0.25) is 0 Å². The second kappa shape index (κ2) is 7.40. The van der Waals surface area contributed by atoms with Gasteiger partial charge in [0.25, 0.3) is 0 Å². The summed E-state index contributed by atoms with van der Waals surface area (Å²) in [6.45, 7) is 6.26. The van der Waals surface area contributed by atoms with Gasteiger partial charge in [-0.15, -0.1) is 0 Å². The molecule has 1 aliphatic heterocycles. The predicted octanol–water partition coefficient (Wildman–Crippen LogP) is 2.37. The van der Waals surface area contributed by atoms with E-state index in [1.807, 2.05) is 6.07 Å². The van der Waals surface area contributed by atoms with Crippen LogP contribution in [0.2, 0.25) is 0 Å². The van der Waals surface area contributed by atoms with E-state index in [4.69, 9.17) is 10.00 Å². The van der Waals surface area contributed by atoms with Crippen LogP contribution in [0.15, 0.2) is 23.4 Å². The maximum atomic E-state index is 12.6. The van der Waals surface area contributed by atoms with E-state index in [0.717, 1.165) is 0 Å². The van der Waals surface area contributed by atoms with Crippen LogP contribution in [0.25, 0.3) is 0 Å². The summed E-state index contributed by atoms with van der Waals surface area (Å²) in [7, 11) is -3.70. The summed E-state index contributed by atoms with van der Waals surface area (Å²) in [5.41, 5.74) is -0.548. The summed E-state index contributed by atoms with van der Waals surface area (Å²) in [4.78, 5) is 17.6. The number of amides is 1. The first kappa shape index (κ1) is 19.2. The number of piperidine rings is 1. The fraction of sp³-hybridized carbons (Fsp3) is 0.588. The van der Waals surface area contributed by atoms with Crippen LogP contribution in [0.5, 0.6) is 0 Å². The first-order valence-electron chi connectivity index (χ1n) is 8.18. The fourth-order valence-electron chi connectivity index (χ4n) is 2.81. The molecule has 8 heteroatoms. The molecule has 0 saturated carbocycles. The number of pyridine rings is 1. The third-order valence-corrected chi connectivity index (χ3v) is 5.64. The number of hydrogen-bond donors (Lipinski definition) is 0. The normalized spacial score (nSPS) is 18.5. The zero-order valence-electron chi connectivity index (χ0n) is 14.7. The summed E-state index contributed by atoms with van der Waals surface area (Å²) in [5.74, 6) is -0.349. The van der Waals surface area contributed by atoms with Crippen LogP contribution < -0.4 is 0 Å². The van der Waals surface area contributed by atoms with Gasteiger partial charge in [-0.25, -0.2) is 18.2 Å². The first-order valence-corrected chi connectivity index (χ1v) is 9.83. The monoisotopic (exact) mass is 365 g/mol. The van der Waals surface area contributed by atoms with E-state index in [9.17, 15) is 13.2 Å². The molecule has 0 spiro atoms. The van der Waals surface area contributed by atoms with Gasteiger partial charge in [-0.1, -0.05) is 0 Å². The zero-order chi connectivity index (χ0) is 18.7. The molecule has 0 N–H and O–H groups in total. The fourth-order valence-corrected chi connectivity index (χ4v) is 4.53. The largest absolute Gasteiger partial charge is 0.444 e. The Balaban J connectivity index is 2.09. The highest BCUT2D eigenvalue weighted by molar-refractivity contribution is 7.91. The summed E-state index contributed by atoms with van der Waals surface area (Å²) >= 11 is 0. The van der Waals surface area contributed by atoms with Crippen LogP contribution in [0.1, 0.15) is 39.2 Å². The minimum Gasteiger partial charge on any atom is -0.444 e. The molecule has 1 fully saturated rings. The molecular weight excluding hydrogens is 342 g/mol. The molecule has 2 heterocycles. The minimum atomic E-state index is -3.70. The van der Waals surface area contributed by atoms with Crippen molar-refractivity contribution in [3.8, 4) is 6.07 Å². The number of rotatable bonds is 3. The van der Waals surface area contributed by atoms with Crippen molar-refractivity contribution in [1.29, 1.82) is 5.26 Å². The smallest absolute Gasteiger partial charge is 0.410 e. The van der Waals surface area contributed by atoms with Crippen LogP contribution in [-0.2, 0) is 14.6 Å². The zero-order valence-corrected chi connectivity index (χ0v) is 15.5. The van der Waals surface area contributed by atoms with Gasteiger partial charge >= 0.3 is 6.09 Å². The van der Waals surface area contributed by atoms with Crippen molar-refractivity contribution in [2.45, 2.75) is 44.2 Å². The second-order valence-corrected chi connectivity index (χ2v) is 9.13. The Kier molecular flexibility index (Phi) is 5.68. The molecule has 7 nitrogen and oxygen atoms in total. The number of nitriles is 1. The van der Waals surface area contributed by atoms with E-state index in [0.29, 0.717) is 25.9 Å². The van der Waals surface area contributed by atoms with Crippen molar-refractivity contribution < 1.29 is 17.9 Å². The van der Waals surface area contributed by atoms with Crippen LogP contribution in [-0.4, -0.2) is 48.8 Å². The molecule has 0 radical (unpaired) electrons. The van der Waals surface area contributed by atoms with Gasteiger partial charge in [0.15, 0.2) is 14.9 Å². The van der Waals surface area contributed by atoms with E-state index >= 15 is 0 Å². The van der Waals surface area contributed by atoms with Crippen molar-refractivity contribution in [3.05, 3.63) is 23.9 Å². The lowest BCUT2D eigenvalue weighted by Crippen LogP contribution is -2.44. The third-order valence-electron chi connectivity index (χ3n) is 3.81. The molecule has 0 aliphatic carbocycles. The Labute approximate surface area is 148 Å². The Hall–Kier alpha value is -2.14. The average Bonchev–Trinajstić information content (AvgIpc) is 2.53. The standard InChI is InChI=1S/C17H23N3O4S/c1-17(2,3)24-16(21)20-9-5-6-13(11-20)12-25(22,23)15-14(10-18)7-4-8-19-15/h4,7-8,13H,5-6,9,11-12H2,1-3H3/t13-/m0/s1. The van der Waals surface area contributed by atoms with Crippen LogP contribution in [0.4, 0.5) is 4.79 Å². The van der Waals surface area contributed by atoms with Gasteiger partial charge < -0.3 is 9.64 Å². The topological polar surface area (TPSA) is 100 Å². The number of carbonyl (C=O) groups excluding carboxylic acids is 1. The first-order chi connectivity index (χ1) is 11.6. The lowest BCUT2D eigenvalue weighted by atomic mass is 10.0. The Morgan fingerprint density at radius 2 is 2.20 bits per heavy atom. The molecule has 1 atom stereocenters. The predicted molar refractivity (Wildman–Crippen MR) is 91.5 cm³/mol. The summed E-state index contributed by atoms with van der Waals surface area (Å²) in [5, 5.41) is 8.90. The summed E-state index contributed by atoms with van der Waals surface area (Å²) < 4.78 is 30.6. The third kappa shape index (κ3) is 5.16. The van der Waals surface area contributed by atoms with Crippen LogP contribution in [0, 0.1) is 17.2 Å². The molecule has 1 amide bonds. The van der Waals surface area contributed by atoms with Crippen molar-refractivity contribution in [2.24, 2.45) is 5.92 Å². The highest BCUT2D eigenvalue weighted by Gasteiger charge is 2.31. The van der Waals surface area contributed by atoms with Crippen LogP contribution >= 0.6 is 0 Å². The highest BCUT2D eigenvalue weighted by atomic mass is 32.2. The van der Waals surface area contributed by atoms with Gasteiger partial charge in [0.1, 0.15) is 11.7 Å². The number of sulfone groups is 1. The van der Waals surface area contributed by atoms with Crippen molar-refractivity contribution in [2.75, 3.05) is 18.8 Å². The van der Waals surface area contributed by atoms with E-state index in [1.54, 1.807) is 25.7 Å². The summed E-state index contributed by atoms with van der Waals surface area (Å²) in [6.07, 6.45) is 2.35. The van der Waals surface area contributed by atoms with Gasteiger partial charge in [-0.05, 0) is 51.7 Å². The number of hydrogen-bond acceptors (Lipinski definition) is 6. The number of likely N-dealkylation sites (tertiary alicyclic amines) is 1. The molecule has 1 aromatic rings. The number of carbonyl (C=O) groups is 1. The Bertz CT molecular complexity index is 778. The van der Waals surface area contributed by atoms with Gasteiger partial charge in [0, 0.05) is 19.3 Å². The average molecular weight is 365 g/mol. The molecule has 0 bridgehead atoms. The van der Waals surface area contributed by atoms with E-state index < -0.39 is 21.5 Å². The molecule has 25 heavy (non-hydrogen) atoms. The lowest BCUT2D eigenvalue weighted by Gasteiger charge is -2.34. The van der Waals surface area contributed by atoms with E-state index in [1.165, 1.54) is 18.3 Å². The minimum absolute atomic E-state index is 0.0438. The molecule has 2 rings (SSSR count). The van der Waals surface area contributed by atoms with E-state index in [-0.39, 0.29) is 22.3 Å². The van der Waals surface area contributed by atoms with E-state index in [2.05, 4.69) is 4.98 Å². The number of aromatic nitrogens is 1. The number of ether oxygens (including phenoxy) is 1. The Morgan fingerprint density at radius 1 is 1.48 bits per heavy atom. The molecule has 1 aliphatic rings. The van der Waals surface area contributed by atoms with Crippen LogP contribution in [0.3, 0.4) is 0 Å². The molecule has 1 aromatic heterocycles. The number of nitrogens with zero attached hydrogens (tertiary/aromatic N) is 3. The molecule has 1 saturated heterocycles. The summed E-state index contributed by atoms with van der Waals surface area (Å²) in [6, 6.07) is 4.83. The van der Waals surface area contributed by atoms with Crippen molar-refractivity contribution in [1.82, 2.24) is 9.88 Å². The molecule has 0 unspecified atom stereocenters.